The third-order valence-electron chi connectivity index (χ3n) is 4.06. The Morgan fingerprint density at radius 3 is 2.71 bits per heavy atom. The smallest absolute Gasteiger partial charge is 0.318 e. The van der Waals surface area contributed by atoms with Crippen LogP contribution in [0.3, 0.4) is 0 Å². The number of benzene rings is 1. The van der Waals surface area contributed by atoms with E-state index in [-0.39, 0.29) is 17.4 Å². The highest BCUT2D eigenvalue weighted by Gasteiger charge is 2.23. The van der Waals surface area contributed by atoms with Gasteiger partial charge < -0.3 is 5.73 Å². The van der Waals surface area contributed by atoms with Gasteiger partial charge in [0.15, 0.2) is 5.16 Å². The monoisotopic (exact) mass is 346 g/mol. The lowest BCUT2D eigenvalue weighted by Crippen LogP contribution is -2.36. The van der Waals surface area contributed by atoms with Gasteiger partial charge in [-0.1, -0.05) is 36.7 Å². The molecular weight excluding hydrogens is 328 g/mol. The predicted molar refractivity (Wildman–Crippen MR) is 92.0 cm³/mol. The van der Waals surface area contributed by atoms with Gasteiger partial charge in [0.2, 0.25) is 5.91 Å². The standard InChI is InChI=1S/C16H18N4O3S/c17-15(23)19-13(21)9-24-16-18-12-8-4-3-7-11(12)14(22)20(16)10-5-1-2-6-10/h3-4,7-8,10H,1-2,5-6,9H2,(H3,17,19,21,23). The Morgan fingerprint density at radius 2 is 2.00 bits per heavy atom. The molecule has 1 aromatic carbocycles. The Balaban J connectivity index is 1.98. The maximum Gasteiger partial charge on any atom is 0.318 e. The van der Waals surface area contributed by atoms with Crippen LogP contribution in [0.2, 0.25) is 0 Å². The highest BCUT2D eigenvalue weighted by atomic mass is 32.2. The lowest BCUT2D eigenvalue weighted by molar-refractivity contribution is -0.117. The summed E-state index contributed by atoms with van der Waals surface area (Å²) >= 11 is 1.15. The fourth-order valence-corrected chi connectivity index (χ4v) is 3.88. The number of nitrogens with zero attached hydrogens (tertiary/aromatic N) is 2. The summed E-state index contributed by atoms with van der Waals surface area (Å²) < 4.78 is 1.71. The van der Waals surface area contributed by atoms with Gasteiger partial charge in [0.25, 0.3) is 5.56 Å². The van der Waals surface area contributed by atoms with Crippen LogP contribution in [0.15, 0.2) is 34.2 Å². The van der Waals surface area contributed by atoms with Gasteiger partial charge in [0, 0.05) is 6.04 Å². The Labute approximate surface area is 142 Å². The number of carbonyl (C=O) groups is 2. The first-order chi connectivity index (χ1) is 11.6. The average Bonchev–Trinajstić information content (AvgIpc) is 3.06. The highest BCUT2D eigenvalue weighted by Crippen LogP contribution is 2.32. The molecule has 0 saturated heterocycles. The molecule has 0 aliphatic heterocycles. The minimum absolute atomic E-state index is 0.0273. The molecular formula is C16H18N4O3S. The van der Waals surface area contributed by atoms with Crippen LogP contribution in [0.25, 0.3) is 10.9 Å². The lowest BCUT2D eigenvalue weighted by Gasteiger charge is -2.18. The number of rotatable bonds is 4. The van der Waals surface area contributed by atoms with E-state index in [1.807, 2.05) is 17.4 Å². The van der Waals surface area contributed by atoms with Crippen LogP contribution < -0.4 is 16.6 Å². The second-order valence-electron chi connectivity index (χ2n) is 5.73. The molecule has 1 aromatic heterocycles. The Bertz CT molecular complexity index is 843. The van der Waals surface area contributed by atoms with Gasteiger partial charge in [-0.3, -0.25) is 19.5 Å². The van der Waals surface area contributed by atoms with Gasteiger partial charge in [-0.05, 0) is 25.0 Å². The Morgan fingerprint density at radius 1 is 1.29 bits per heavy atom. The number of amides is 3. The zero-order valence-electron chi connectivity index (χ0n) is 13.0. The highest BCUT2D eigenvalue weighted by molar-refractivity contribution is 7.99. The molecule has 1 aliphatic carbocycles. The molecule has 1 heterocycles. The summed E-state index contributed by atoms with van der Waals surface area (Å²) in [6.07, 6.45) is 4.02. The van der Waals surface area contributed by atoms with Crippen molar-refractivity contribution in [2.24, 2.45) is 5.73 Å². The summed E-state index contributed by atoms with van der Waals surface area (Å²) in [5.74, 6) is -0.534. The van der Waals surface area contributed by atoms with Crippen molar-refractivity contribution in [3.05, 3.63) is 34.6 Å². The Kier molecular flexibility index (Phi) is 4.84. The molecule has 1 aliphatic rings. The van der Waals surface area contributed by atoms with Crippen molar-refractivity contribution >= 4 is 34.6 Å². The molecule has 3 amide bonds. The van der Waals surface area contributed by atoms with E-state index in [4.69, 9.17) is 5.73 Å². The summed E-state index contributed by atoms with van der Waals surface area (Å²) in [6.45, 7) is 0. The van der Waals surface area contributed by atoms with Crippen molar-refractivity contribution in [3.8, 4) is 0 Å². The quantitative estimate of drug-likeness (QED) is 0.648. The van der Waals surface area contributed by atoms with Gasteiger partial charge in [0.05, 0.1) is 16.7 Å². The molecule has 0 atom stereocenters. The maximum atomic E-state index is 12.9. The fraction of sp³-hybridized carbons (Fsp3) is 0.375. The molecule has 3 N–H and O–H groups in total. The van der Waals surface area contributed by atoms with E-state index in [9.17, 15) is 14.4 Å². The SMILES string of the molecule is NC(=O)NC(=O)CSc1nc2ccccc2c(=O)n1C1CCCC1. The van der Waals surface area contributed by atoms with Crippen LogP contribution in [-0.2, 0) is 4.79 Å². The van der Waals surface area contributed by atoms with Crippen LogP contribution in [0.1, 0.15) is 31.7 Å². The van der Waals surface area contributed by atoms with Gasteiger partial charge >= 0.3 is 6.03 Å². The largest absolute Gasteiger partial charge is 0.351 e. The molecule has 3 rings (SSSR count). The van der Waals surface area contributed by atoms with Crippen molar-refractivity contribution < 1.29 is 9.59 Å². The normalized spacial score (nSPS) is 14.8. The minimum Gasteiger partial charge on any atom is -0.351 e. The van der Waals surface area contributed by atoms with E-state index >= 15 is 0 Å². The van der Waals surface area contributed by atoms with E-state index in [1.165, 1.54) is 0 Å². The van der Waals surface area contributed by atoms with Gasteiger partial charge in [-0.2, -0.15) is 0 Å². The number of urea groups is 1. The number of hydrogen-bond acceptors (Lipinski definition) is 5. The molecule has 0 spiro atoms. The lowest BCUT2D eigenvalue weighted by atomic mass is 10.2. The van der Waals surface area contributed by atoms with Crippen LogP contribution in [0.5, 0.6) is 0 Å². The minimum atomic E-state index is -0.889. The van der Waals surface area contributed by atoms with Crippen LogP contribution in [0.4, 0.5) is 4.79 Å². The first-order valence-electron chi connectivity index (χ1n) is 7.79. The number of para-hydroxylation sites is 1. The molecule has 8 heteroatoms. The van der Waals surface area contributed by atoms with Crippen molar-refractivity contribution in [2.45, 2.75) is 36.9 Å². The van der Waals surface area contributed by atoms with Gasteiger partial charge in [-0.15, -0.1) is 0 Å². The molecule has 1 fully saturated rings. The fourth-order valence-electron chi connectivity index (χ4n) is 3.02. The number of carbonyl (C=O) groups excluding carboxylic acids is 2. The molecule has 2 aromatic rings. The maximum absolute atomic E-state index is 12.9. The van der Waals surface area contributed by atoms with Crippen LogP contribution in [-0.4, -0.2) is 27.2 Å². The summed E-state index contributed by atoms with van der Waals surface area (Å²) in [7, 11) is 0. The van der Waals surface area contributed by atoms with Gasteiger partial charge in [-0.25, -0.2) is 9.78 Å². The Hall–Kier alpha value is -2.35. The molecule has 7 nitrogen and oxygen atoms in total. The third-order valence-corrected chi connectivity index (χ3v) is 5.01. The molecule has 24 heavy (non-hydrogen) atoms. The molecule has 0 unspecified atom stereocenters. The van der Waals surface area contributed by atoms with E-state index in [0.717, 1.165) is 37.4 Å². The number of thioether (sulfide) groups is 1. The molecule has 126 valence electrons. The number of nitrogens with two attached hydrogens (primary N) is 1. The summed E-state index contributed by atoms with van der Waals surface area (Å²) in [4.78, 5) is 39.9. The van der Waals surface area contributed by atoms with Crippen molar-refractivity contribution in [1.82, 2.24) is 14.9 Å². The number of fused-ring (bicyclic) bond motifs is 1. The molecule has 1 saturated carbocycles. The predicted octanol–water partition coefficient (Wildman–Crippen LogP) is 1.80. The number of imide groups is 1. The van der Waals surface area contributed by atoms with E-state index in [1.54, 1.807) is 16.7 Å². The van der Waals surface area contributed by atoms with Crippen molar-refractivity contribution in [1.29, 1.82) is 0 Å². The number of hydrogen-bond donors (Lipinski definition) is 2. The first-order valence-corrected chi connectivity index (χ1v) is 8.78. The van der Waals surface area contributed by atoms with E-state index in [0.29, 0.717) is 16.1 Å². The first kappa shape index (κ1) is 16.5. The topological polar surface area (TPSA) is 107 Å². The summed E-state index contributed by atoms with van der Waals surface area (Å²) in [5, 5.41) is 3.10. The number of aromatic nitrogens is 2. The zero-order chi connectivity index (χ0) is 17.1. The van der Waals surface area contributed by atoms with Crippen molar-refractivity contribution in [2.75, 3.05) is 5.75 Å². The summed E-state index contributed by atoms with van der Waals surface area (Å²) in [5.41, 5.74) is 5.47. The van der Waals surface area contributed by atoms with E-state index in [2.05, 4.69) is 4.98 Å². The third kappa shape index (κ3) is 3.43. The second-order valence-corrected chi connectivity index (χ2v) is 6.67. The zero-order valence-corrected chi connectivity index (χ0v) is 13.8. The number of primary amides is 1. The number of nitrogens with one attached hydrogen (secondary N) is 1. The average molecular weight is 346 g/mol. The molecule has 0 bridgehead atoms. The molecule has 0 radical (unpaired) electrons. The van der Waals surface area contributed by atoms with E-state index < -0.39 is 11.9 Å². The van der Waals surface area contributed by atoms with Crippen LogP contribution >= 0.6 is 11.8 Å². The summed E-state index contributed by atoms with van der Waals surface area (Å²) in [6, 6.07) is 6.41. The van der Waals surface area contributed by atoms with Crippen LogP contribution in [0, 0.1) is 0 Å². The second kappa shape index (κ2) is 7.04. The van der Waals surface area contributed by atoms with Gasteiger partial charge in [0.1, 0.15) is 0 Å². The van der Waals surface area contributed by atoms with Crippen molar-refractivity contribution in [3.63, 3.8) is 0 Å².